The number of Topliss-reactive ketones (excluding diaryl/α,β-unsaturated/α-hetero) is 1. The Bertz CT molecular complexity index is 1110. The van der Waals surface area contributed by atoms with Crippen molar-refractivity contribution in [3.63, 3.8) is 0 Å². The molecule has 0 saturated carbocycles. The third-order valence-electron chi connectivity index (χ3n) is 4.33. The summed E-state index contributed by atoms with van der Waals surface area (Å²) in [6.07, 6.45) is 2.96. The van der Waals surface area contributed by atoms with E-state index in [2.05, 4.69) is 20.8 Å². The van der Waals surface area contributed by atoms with Gasteiger partial charge in [0.05, 0.1) is 22.5 Å². The van der Waals surface area contributed by atoms with Gasteiger partial charge in [0.2, 0.25) is 0 Å². The van der Waals surface area contributed by atoms with Crippen molar-refractivity contribution in [1.29, 1.82) is 0 Å². The summed E-state index contributed by atoms with van der Waals surface area (Å²) in [5, 5.41) is 12.0. The number of aromatic amines is 1. The number of carbonyl (C=O) groups excluding carboxylic acids is 3. The zero-order valence-corrected chi connectivity index (χ0v) is 15.7. The van der Waals surface area contributed by atoms with Crippen molar-refractivity contribution < 1.29 is 19.1 Å². The molecular weight excluding hydrogens is 396 g/mol. The van der Waals surface area contributed by atoms with Gasteiger partial charge in [-0.25, -0.2) is 0 Å². The van der Waals surface area contributed by atoms with E-state index < -0.39 is 0 Å². The number of aromatic nitrogens is 2. The number of amides is 2. The monoisotopic (exact) mass is 410 g/mol. The second-order valence-corrected chi connectivity index (χ2v) is 6.81. The van der Waals surface area contributed by atoms with E-state index in [0.717, 1.165) is 0 Å². The van der Waals surface area contributed by atoms with E-state index in [9.17, 15) is 14.4 Å². The van der Waals surface area contributed by atoms with Gasteiger partial charge in [-0.1, -0.05) is 17.7 Å². The fraction of sp³-hybridized carbons (Fsp3) is 0.100. The van der Waals surface area contributed by atoms with Crippen molar-refractivity contribution >= 4 is 40.6 Å². The van der Waals surface area contributed by atoms with Crippen molar-refractivity contribution in [3.8, 4) is 5.75 Å². The molecule has 9 heteroatoms. The molecule has 0 aliphatic carbocycles. The lowest BCUT2D eigenvalue weighted by atomic mass is 10.0. The van der Waals surface area contributed by atoms with Crippen LogP contribution in [-0.4, -0.2) is 34.4 Å². The summed E-state index contributed by atoms with van der Waals surface area (Å²) in [6, 6.07) is 9.86. The topological polar surface area (TPSA) is 113 Å². The number of carbonyl (C=O) groups is 3. The third-order valence-corrected chi connectivity index (χ3v) is 4.66. The average molecular weight is 411 g/mol. The maximum atomic E-state index is 12.8. The Morgan fingerprint density at radius 2 is 2.07 bits per heavy atom. The van der Waals surface area contributed by atoms with Gasteiger partial charge in [0.1, 0.15) is 5.75 Å². The van der Waals surface area contributed by atoms with E-state index in [1.807, 2.05) is 0 Å². The van der Waals surface area contributed by atoms with Crippen LogP contribution < -0.4 is 15.4 Å². The van der Waals surface area contributed by atoms with Gasteiger partial charge < -0.3 is 15.4 Å². The summed E-state index contributed by atoms with van der Waals surface area (Å²) in [4.78, 5) is 36.3. The molecular formula is C20H15ClN4O4. The van der Waals surface area contributed by atoms with E-state index in [-0.39, 0.29) is 35.6 Å². The largest absolute Gasteiger partial charge is 0.482 e. The summed E-state index contributed by atoms with van der Waals surface area (Å²) >= 11 is 6.20. The van der Waals surface area contributed by atoms with Crippen LogP contribution in [0.4, 0.5) is 11.4 Å². The number of halogens is 1. The van der Waals surface area contributed by atoms with Crippen LogP contribution in [0.1, 0.15) is 26.3 Å². The molecule has 3 aromatic rings. The number of anilines is 2. The Kier molecular flexibility index (Phi) is 5.01. The lowest BCUT2D eigenvalue weighted by Gasteiger charge is -2.18. The molecule has 2 amide bonds. The molecule has 146 valence electrons. The molecule has 2 aromatic carbocycles. The molecule has 1 aromatic heterocycles. The summed E-state index contributed by atoms with van der Waals surface area (Å²) in [5.41, 5.74) is 2.39. The molecule has 1 aliphatic rings. The van der Waals surface area contributed by atoms with Gasteiger partial charge in [-0.05, 0) is 35.9 Å². The number of ether oxygens (including phenoxy) is 1. The zero-order chi connectivity index (χ0) is 20.4. The summed E-state index contributed by atoms with van der Waals surface area (Å²) < 4.78 is 5.38. The summed E-state index contributed by atoms with van der Waals surface area (Å²) in [7, 11) is 0. The Morgan fingerprint density at radius 3 is 2.86 bits per heavy atom. The fourth-order valence-electron chi connectivity index (χ4n) is 2.90. The SMILES string of the molecule is O=C1COc2cc(CC(=O)c3cc(NC(=O)c4cn[nH]c4)ccc3Cl)ccc2N1. The van der Waals surface area contributed by atoms with Crippen molar-refractivity contribution in [2.24, 2.45) is 0 Å². The molecule has 1 aliphatic heterocycles. The van der Waals surface area contributed by atoms with Crippen molar-refractivity contribution in [2.75, 3.05) is 17.2 Å². The predicted molar refractivity (Wildman–Crippen MR) is 107 cm³/mol. The second-order valence-electron chi connectivity index (χ2n) is 6.40. The van der Waals surface area contributed by atoms with E-state index in [1.54, 1.807) is 30.3 Å². The number of nitrogens with zero attached hydrogens (tertiary/aromatic N) is 1. The first-order valence-corrected chi connectivity index (χ1v) is 9.06. The minimum absolute atomic E-state index is 0.0609. The third kappa shape index (κ3) is 4.12. The Balaban J connectivity index is 1.51. The molecule has 0 spiro atoms. The molecule has 8 nitrogen and oxygen atoms in total. The number of hydrogen-bond donors (Lipinski definition) is 3. The van der Waals surface area contributed by atoms with Crippen LogP contribution in [0.25, 0.3) is 0 Å². The lowest BCUT2D eigenvalue weighted by Crippen LogP contribution is -2.25. The molecule has 0 atom stereocenters. The quantitative estimate of drug-likeness (QED) is 0.559. The molecule has 0 unspecified atom stereocenters. The highest BCUT2D eigenvalue weighted by Gasteiger charge is 2.18. The first-order valence-electron chi connectivity index (χ1n) is 8.68. The summed E-state index contributed by atoms with van der Waals surface area (Å²) in [6.45, 7) is -0.0609. The van der Waals surface area contributed by atoms with Crippen molar-refractivity contribution in [3.05, 3.63) is 70.5 Å². The van der Waals surface area contributed by atoms with E-state index in [0.29, 0.717) is 33.8 Å². The van der Waals surface area contributed by atoms with Gasteiger partial charge in [-0.3, -0.25) is 19.5 Å². The number of nitrogens with one attached hydrogen (secondary N) is 3. The van der Waals surface area contributed by atoms with Gasteiger partial charge in [0.25, 0.3) is 11.8 Å². The van der Waals surface area contributed by atoms with Gasteiger partial charge in [-0.15, -0.1) is 0 Å². The van der Waals surface area contributed by atoms with Gasteiger partial charge in [-0.2, -0.15) is 5.10 Å². The number of ketones is 1. The van der Waals surface area contributed by atoms with E-state index >= 15 is 0 Å². The Hall–Kier alpha value is -3.65. The summed E-state index contributed by atoms with van der Waals surface area (Å²) in [5.74, 6) is -0.271. The molecule has 3 N–H and O–H groups in total. The molecule has 4 rings (SSSR count). The van der Waals surface area contributed by atoms with Crippen molar-refractivity contribution in [1.82, 2.24) is 10.2 Å². The fourth-order valence-corrected chi connectivity index (χ4v) is 3.13. The number of benzene rings is 2. The van der Waals surface area contributed by atoms with Crippen LogP contribution in [0.3, 0.4) is 0 Å². The predicted octanol–water partition coefficient (Wildman–Crippen LogP) is 3.07. The average Bonchev–Trinajstić information content (AvgIpc) is 3.24. The standard InChI is InChI=1S/C20H15ClN4O4/c21-15-3-2-13(24-20(28)12-8-22-23-9-12)7-14(15)17(26)5-11-1-4-16-18(6-11)29-10-19(27)25-16/h1-4,6-9H,5,10H2,(H,22,23)(H,24,28)(H,25,27). The maximum absolute atomic E-state index is 12.8. The molecule has 0 bridgehead atoms. The van der Waals surface area contributed by atoms with Gasteiger partial charge in [0.15, 0.2) is 12.4 Å². The molecule has 0 radical (unpaired) electrons. The maximum Gasteiger partial charge on any atom is 0.262 e. The number of rotatable bonds is 5. The molecule has 0 fully saturated rings. The smallest absolute Gasteiger partial charge is 0.262 e. The highest BCUT2D eigenvalue weighted by molar-refractivity contribution is 6.34. The van der Waals surface area contributed by atoms with E-state index in [1.165, 1.54) is 18.5 Å². The minimum atomic E-state index is -0.353. The van der Waals surface area contributed by atoms with Crippen LogP contribution >= 0.6 is 11.6 Å². The molecule has 29 heavy (non-hydrogen) atoms. The number of H-pyrrole nitrogens is 1. The number of fused-ring (bicyclic) bond motifs is 1. The first kappa shape index (κ1) is 18.7. The minimum Gasteiger partial charge on any atom is -0.482 e. The zero-order valence-electron chi connectivity index (χ0n) is 15.0. The number of hydrogen-bond acceptors (Lipinski definition) is 5. The van der Waals surface area contributed by atoms with Crippen LogP contribution in [0, 0.1) is 0 Å². The van der Waals surface area contributed by atoms with Crippen molar-refractivity contribution in [2.45, 2.75) is 6.42 Å². The highest BCUT2D eigenvalue weighted by atomic mass is 35.5. The van der Waals surface area contributed by atoms with Gasteiger partial charge in [0, 0.05) is 23.9 Å². The van der Waals surface area contributed by atoms with Crippen LogP contribution in [0.5, 0.6) is 5.75 Å². The van der Waals surface area contributed by atoms with Crippen LogP contribution in [-0.2, 0) is 11.2 Å². The van der Waals surface area contributed by atoms with E-state index in [4.69, 9.17) is 16.3 Å². The highest BCUT2D eigenvalue weighted by Crippen LogP contribution is 2.29. The molecule has 0 saturated heterocycles. The Labute approximate surface area is 170 Å². The Morgan fingerprint density at radius 1 is 1.21 bits per heavy atom. The molecule has 2 heterocycles. The first-order chi connectivity index (χ1) is 14.0. The van der Waals surface area contributed by atoms with Crippen LogP contribution in [0.2, 0.25) is 5.02 Å². The second kappa shape index (κ2) is 7.76. The lowest BCUT2D eigenvalue weighted by molar-refractivity contribution is -0.118. The normalized spacial score (nSPS) is 12.5. The van der Waals surface area contributed by atoms with Gasteiger partial charge >= 0.3 is 0 Å². The van der Waals surface area contributed by atoms with Crippen LogP contribution in [0.15, 0.2) is 48.8 Å².